The summed E-state index contributed by atoms with van der Waals surface area (Å²) < 4.78 is 38.8. The van der Waals surface area contributed by atoms with E-state index in [0.29, 0.717) is 22.1 Å². The third-order valence-corrected chi connectivity index (χ3v) is 2.33. The molecule has 5 heteroatoms. The lowest BCUT2D eigenvalue weighted by molar-refractivity contribution is 0.0615. The largest absolute Gasteiger partial charge is 0.333 e. The molecule has 0 saturated heterocycles. The number of fused-ring (bicyclic) bond motifs is 1. The predicted octanol–water partition coefficient (Wildman–Crippen LogP) is 4.16. The van der Waals surface area contributed by atoms with Crippen molar-refractivity contribution in [3.8, 4) is 0 Å². The van der Waals surface area contributed by atoms with E-state index in [-0.39, 0.29) is 11.3 Å². The van der Waals surface area contributed by atoms with Gasteiger partial charge in [-0.3, -0.25) is 0 Å². The smallest absolute Gasteiger partial charge is 0.207 e. The van der Waals surface area contributed by atoms with Gasteiger partial charge in [0.05, 0.1) is 11.7 Å². The van der Waals surface area contributed by atoms with E-state index in [1.54, 1.807) is 6.92 Å². The Morgan fingerprint density at radius 3 is 2.47 bits per heavy atom. The highest BCUT2D eigenvalue weighted by atomic mass is 19.3. The fourth-order valence-electron chi connectivity index (χ4n) is 1.54. The molecule has 0 spiro atoms. The van der Waals surface area contributed by atoms with Gasteiger partial charge in [0, 0.05) is 5.39 Å². The van der Waals surface area contributed by atoms with Crippen LogP contribution in [0.5, 0.6) is 0 Å². The highest BCUT2D eigenvalue weighted by Crippen LogP contribution is 2.23. The highest BCUT2D eigenvalue weighted by molar-refractivity contribution is 5.79. The molecule has 2 aromatic rings. The minimum Gasteiger partial charge on any atom is -0.207 e. The lowest BCUT2D eigenvalue weighted by atomic mass is 10.1. The van der Waals surface area contributed by atoms with Crippen molar-refractivity contribution >= 4 is 10.9 Å². The zero-order valence-electron chi connectivity index (χ0n) is 10.0. The molecule has 0 saturated carbocycles. The fraction of sp³-hybridized carbons (Fsp3) is 0.417. The van der Waals surface area contributed by atoms with Crippen LogP contribution in [0.2, 0.25) is 0 Å². The summed E-state index contributed by atoms with van der Waals surface area (Å²) in [6.45, 7) is 3.07. The van der Waals surface area contributed by atoms with Crippen LogP contribution in [0.1, 0.15) is 32.9 Å². The van der Waals surface area contributed by atoms with Crippen molar-refractivity contribution in [2.75, 3.05) is 0 Å². The van der Waals surface area contributed by atoms with Gasteiger partial charge in [-0.15, -0.1) is 0 Å². The summed E-state index contributed by atoms with van der Waals surface area (Å²) >= 11 is 0. The Morgan fingerprint density at radius 1 is 1.29 bits per heavy atom. The first-order valence-corrected chi connectivity index (χ1v) is 5.57. The molecule has 0 amide bonds. The van der Waals surface area contributed by atoms with Crippen molar-refractivity contribution in [2.45, 2.75) is 33.7 Å². The van der Waals surface area contributed by atoms with Crippen LogP contribution in [0.15, 0.2) is 18.3 Å². The molecule has 2 nitrogen and oxygen atoms in total. The Kier molecular flexibility index (Phi) is 4.54. The van der Waals surface area contributed by atoms with E-state index >= 15 is 0 Å². The van der Waals surface area contributed by atoms with Crippen molar-refractivity contribution in [2.24, 2.45) is 0 Å². The second-order valence-corrected chi connectivity index (χ2v) is 3.22. The Morgan fingerprint density at radius 2 is 1.94 bits per heavy atom. The van der Waals surface area contributed by atoms with E-state index in [1.165, 1.54) is 18.3 Å². The maximum Gasteiger partial charge on any atom is 0.333 e. The van der Waals surface area contributed by atoms with Crippen molar-refractivity contribution < 1.29 is 13.2 Å². The number of nitrogens with zero attached hydrogens (tertiary/aromatic N) is 2. The molecule has 0 atom stereocenters. The van der Waals surface area contributed by atoms with E-state index in [0.717, 1.165) is 0 Å². The van der Waals surface area contributed by atoms with Crippen LogP contribution in [0.25, 0.3) is 10.9 Å². The Bertz CT molecular complexity index is 492. The average Bonchev–Trinajstić information content (AvgIpc) is 2.73. The third kappa shape index (κ3) is 2.60. The minimum absolute atomic E-state index is 0.267. The summed E-state index contributed by atoms with van der Waals surface area (Å²) in [7, 11) is 0. The number of aryl methyl sites for hydroxylation is 1. The van der Waals surface area contributed by atoms with Crippen LogP contribution in [-0.2, 0) is 6.42 Å². The van der Waals surface area contributed by atoms with E-state index in [4.69, 9.17) is 0 Å². The molecular weight excluding hydrogens is 229 g/mol. The lowest BCUT2D eigenvalue weighted by Gasteiger charge is -2.03. The molecule has 17 heavy (non-hydrogen) atoms. The minimum atomic E-state index is -2.70. The molecule has 0 unspecified atom stereocenters. The van der Waals surface area contributed by atoms with E-state index in [9.17, 15) is 13.2 Å². The Hall–Kier alpha value is -1.52. The summed E-state index contributed by atoms with van der Waals surface area (Å²) in [6.07, 6.45) is 1.71. The predicted molar refractivity (Wildman–Crippen MR) is 61.7 cm³/mol. The molecule has 0 N–H and O–H groups in total. The van der Waals surface area contributed by atoms with Crippen LogP contribution in [0.4, 0.5) is 13.2 Å². The van der Waals surface area contributed by atoms with Gasteiger partial charge in [0.1, 0.15) is 5.82 Å². The van der Waals surface area contributed by atoms with Gasteiger partial charge in [-0.25, -0.2) is 9.07 Å². The number of halogens is 3. The monoisotopic (exact) mass is 244 g/mol. The van der Waals surface area contributed by atoms with Crippen molar-refractivity contribution in [1.82, 2.24) is 9.78 Å². The standard InChI is InChI=1S/C10H9F3N2.C2H6/c1-2-6-4-9-7(3-8(6)11)5-14-15(9)10(12)13;1-2/h3-5,10H,2H2,1H3;1-2H3. The maximum absolute atomic E-state index is 13.3. The molecule has 94 valence electrons. The molecule has 0 aliphatic heterocycles. The number of benzene rings is 1. The molecule has 1 aromatic carbocycles. The van der Waals surface area contributed by atoms with Crippen LogP contribution < -0.4 is 0 Å². The van der Waals surface area contributed by atoms with Gasteiger partial charge < -0.3 is 0 Å². The average molecular weight is 244 g/mol. The van der Waals surface area contributed by atoms with Gasteiger partial charge in [0.15, 0.2) is 0 Å². The number of hydrogen-bond acceptors (Lipinski definition) is 1. The summed E-state index contributed by atoms with van der Waals surface area (Å²) in [5.74, 6) is -0.376. The molecular formula is C12H15F3N2. The van der Waals surface area contributed by atoms with Crippen LogP contribution in [0, 0.1) is 5.82 Å². The fourth-order valence-corrected chi connectivity index (χ4v) is 1.54. The Labute approximate surface area is 98.0 Å². The van der Waals surface area contributed by atoms with Crippen molar-refractivity contribution in [3.05, 3.63) is 29.7 Å². The molecule has 0 fully saturated rings. The first kappa shape index (κ1) is 13.5. The van der Waals surface area contributed by atoms with Gasteiger partial charge in [-0.05, 0) is 24.1 Å². The summed E-state index contributed by atoms with van der Waals surface area (Å²) in [5.41, 5.74) is 0.688. The van der Waals surface area contributed by atoms with Gasteiger partial charge in [-0.1, -0.05) is 20.8 Å². The summed E-state index contributed by atoms with van der Waals surface area (Å²) in [4.78, 5) is 0. The molecule has 0 bridgehead atoms. The SMILES string of the molecule is CC.CCc1cc2c(cnn2C(F)F)cc1F. The first-order valence-electron chi connectivity index (χ1n) is 5.57. The summed E-state index contributed by atoms with van der Waals surface area (Å²) in [5, 5.41) is 3.90. The first-order chi connectivity index (χ1) is 8.13. The normalized spacial score (nSPS) is 10.5. The molecule has 1 heterocycles. The van der Waals surface area contributed by atoms with Gasteiger partial charge in [-0.2, -0.15) is 13.9 Å². The van der Waals surface area contributed by atoms with Gasteiger partial charge in [0.2, 0.25) is 0 Å². The molecule has 0 radical (unpaired) electrons. The van der Waals surface area contributed by atoms with Gasteiger partial charge >= 0.3 is 6.55 Å². The topological polar surface area (TPSA) is 17.8 Å². The van der Waals surface area contributed by atoms with E-state index < -0.39 is 6.55 Å². The third-order valence-electron chi connectivity index (χ3n) is 2.33. The molecule has 0 aliphatic rings. The van der Waals surface area contributed by atoms with E-state index in [1.807, 2.05) is 13.8 Å². The number of alkyl halides is 2. The van der Waals surface area contributed by atoms with Crippen LogP contribution >= 0.6 is 0 Å². The lowest BCUT2D eigenvalue weighted by Crippen LogP contribution is -2.00. The number of aromatic nitrogens is 2. The molecule has 2 rings (SSSR count). The summed E-state index contributed by atoms with van der Waals surface area (Å²) in [6, 6.07) is 2.66. The van der Waals surface area contributed by atoms with Crippen LogP contribution in [-0.4, -0.2) is 9.78 Å². The highest BCUT2D eigenvalue weighted by Gasteiger charge is 2.13. The number of hydrogen-bond donors (Lipinski definition) is 0. The molecule has 0 aliphatic carbocycles. The Balaban J connectivity index is 0.000000686. The van der Waals surface area contributed by atoms with Crippen LogP contribution in [0.3, 0.4) is 0 Å². The zero-order valence-corrected chi connectivity index (χ0v) is 10.0. The maximum atomic E-state index is 13.3. The van der Waals surface area contributed by atoms with Crippen molar-refractivity contribution in [3.63, 3.8) is 0 Å². The van der Waals surface area contributed by atoms with E-state index in [2.05, 4.69) is 5.10 Å². The zero-order chi connectivity index (χ0) is 13.0. The number of rotatable bonds is 2. The van der Waals surface area contributed by atoms with Crippen molar-refractivity contribution in [1.29, 1.82) is 0 Å². The molecule has 1 aromatic heterocycles. The quantitative estimate of drug-likeness (QED) is 0.775. The second-order valence-electron chi connectivity index (χ2n) is 3.22. The second kappa shape index (κ2) is 5.70. The van der Waals surface area contributed by atoms with Gasteiger partial charge in [0.25, 0.3) is 0 Å².